The molecule has 58 heavy (non-hydrogen) atoms. The first-order valence-electron chi connectivity index (χ1n) is 19.4. The fraction of sp³-hybridized carbons (Fsp3) is 0. The van der Waals surface area contributed by atoms with E-state index in [1.54, 1.807) is 0 Å². The molecule has 11 rings (SSSR count). The number of aromatic nitrogens is 3. The van der Waals surface area contributed by atoms with Crippen molar-refractivity contribution in [1.82, 2.24) is 15.0 Å². The Balaban J connectivity index is 1.15. The van der Waals surface area contributed by atoms with Gasteiger partial charge >= 0.3 is 0 Å². The fourth-order valence-corrected chi connectivity index (χ4v) is 8.20. The van der Waals surface area contributed by atoms with Crippen molar-refractivity contribution < 1.29 is 4.42 Å². The summed E-state index contributed by atoms with van der Waals surface area (Å²) in [7, 11) is 0. The third kappa shape index (κ3) is 5.76. The maximum atomic E-state index is 6.92. The van der Waals surface area contributed by atoms with Gasteiger partial charge in [-0.3, -0.25) is 0 Å². The lowest BCUT2D eigenvalue weighted by molar-refractivity contribution is 0.669. The molecule has 5 heteroatoms. The SMILES string of the molecule is c1ccc(-c2cccc(-c3nc(-c4ccccc4)nc(-c4cccc5c4oc4cccc(N(c6cccc7ccccc67)c6cccc7ccccc67)c45)n3)c2)cc1. The topological polar surface area (TPSA) is 55.1 Å². The van der Waals surface area contributed by atoms with Gasteiger partial charge in [0.25, 0.3) is 0 Å². The van der Waals surface area contributed by atoms with E-state index in [9.17, 15) is 0 Å². The first kappa shape index (κ1) is 33.4. The van der Waals surface area contributed by atoms with E-state index in [4.69, 9.17) is 19.4 Å². The smallest absolute Gasteiger partial charge is 0.167 e. The van der Waals surface area contributed by atoms with Gasteiger partial charge in [-0.2, -0.15) is 0 Å². The number of nitrogens with zero attached hydrogens (tertiary/aromatic N) is 4. The van der Waals surface area contributed by atoms with Crippen molar-refractivity contribution in [3.8, 4) is 45.3 Å². The average molecular weight is 743 g/mol. The molecule has 2 heterocycles. The molecule has 0 saturated carbocycles. The molecule has 9 aromatic carbocycles. The minimum absolute atomic E-state index is 0.542. The highest BCUT2D eigenvalue weighted by Crippen LogP contribution is 2.47. The molecule has 5 nitrogen and oxygen atoms in total. The van der Waals surface area contributed by atoms with Crippen LogP contribution in [0, 0.1) is 0 Å². The minimum atomic E-state index is 0.542. The van der Waals surface area contributed by atoms with E-state index in [-0.39, 0.29) is 0 Å². The Kier molecular flexibility index (Phi) is 8.07. The summed E-state index contributed by atoms with van der Waals surface area (Å²) in [4.78, 5) is 17.8. The van der Waals surface area contributed by atoms with E-state index in [1.807, 2.05) is 42.5 Å². The molecule has 0 saturated heterocycles. The molecule has 0 radical (unpaired) electrons. The van der Waals surface area contributed by atoms with Crippen LogP contribution in [0.25, 0.3) is 88.8 Å². The molecule has 11 aromatic rings. The Morgan fingerprint density at radius 1 is 0.345 bits per heavy atom. The van der Waals surface area contributed by atoms with Gasteiger partial charge < -0.3 is 9.32 Å². The predicted octanol–water partition coefficient (Wildman–Crippen LogP) is 14.2. The molecule has 0 atom stereocenters. The molecule has 2 aromatic heterocycles. The molecular weight excluding hydrogens is 709 g/mol. The van der Waals surface area contributed by atoms with Gasteiger partial charge in [-0.05, 0) is 58.3 Å². The lowest BCUT2D eigenvalue weighted by atomic mass is 10.0. The Morgan fingerprint density at radius 2 is 0.828 bits per heavy atom. The molecule has 0 aliphatic rings. The van der Waals surface area contributed by atoms with Crippen LogP contribution in [0.5, 0.6) is 0 Å². The summed E-state index contributed by atoms with van der Waals surface area (Å²) in [5.74, 6) is 1.73. The number of rotatable bonds is 7. The lowest BCUT2D eigenvalue weighted by Crippen LogP contribution is -2.11. The van der Waals surface area contributed by atoms with Crippen molar-refractivity contribution in [2.75, 3.05) is 4.90 Å². The quantitative estimate of drug-likeness (QED) is 0.163. The molecule has 0 aliphatic heterocycles. The van der Waals surface area contributed by atoms with E-state index < -0.39 is 0 Å². The van der Waals surface area contributed by atoms with Crippen LogP contribution in [-0.4, -0.2) is 15.0 Å². The summed E-state index contributed by atoms with van der Waals surface area (Å²) >= 11 is 0. The highest BCUT2D eigenvalue weighted by Gasteiger charge is 2.24. The van der Waals surface area contributed by atoms with E-state index >= 15 is 0 Å². The van der Waals surface area contributed by atoms with Gasteiger partial charge in [0.05, 0.1) is 28.0 Å². The van der Waals surface area contributed by atoms with E-state index in [0.717, 1.165) is 77.6 Å². The van der Waals surface area contributed by atoms with Crippen LogP contribution in [0.1, 0.15) is 0 Å². The van der Waals surface area contributed by atoms with E-state index in [0.29, 0.717) is 17.5 Å². The van der Waals surface area contributed by atoms with Gasteiger partial charge in [-0.15, -0.1) is 0 Å². The van der Waals surface area contributed by atoms with Gasteiger partial charge in [0, 0.05) is 27.3 Å². The van der Waals surface area contributed by atoms with Crippen molar-refractivity contribution in [2.24, 2.45) is 0 Å². The first-order chi connectivity index (χ1) is 28.8. The molecule has 272 valence electrons. The minimum Gasteiger partial charge on any atom is -0.455 e. The van der Waals surface area contributed by atoms with Crippen molar-refractivity contribution in [2.45, 2.75) is 0 Å². The van der Waals surface area contributed by atoms with E-state index in [2.05, 4.69) is 169 Å². The Morgan fingerprint density at radius 3 is 1.53 bits per heavy atom. The monoisotopic (exact) mass is 742 g/mol. The van der Waals surface area contributed by atoms with Crippen LogP contribution in [0.2, 0.25) is 0 Å². The molecule has 0 amide bonds. The van der Waals surface area contributed by atoms with Crippen LogP contribution in [0.15, 0.2) is 211 Å². The zero-order valence-corrected chi connectivity index (χ0v) is 31.3. The highest BCUT2D eigenvalue weighted by molar-refractivity contribution is 6.18. The summed E-state index contributed by atoms with van der Waals surface area (Å²) in [6.45, 7) is 0. The summed E-state index contributed by atoms with van der Waals surface area (Å²) in [5.41, 5.74) is 9.50. The van der Waals surface area contributed by atoms with Crippen molar-refractivity contribution in [3.05, 3.63) is 206 Å². The molecular formula is C53H34N4O. The number of benzene rings is 9. The zero-order chi connectivity index (χ0) is 38.4. The fourth-order valence-electron chi connectivity index (χ4n) is 8.20. The number of hydrogen-bond acceptors (Lipinski definition) is 5. The highest BCUT2D eigenvalue weighted by atomic mass is 16.3. The largest absolute Gasteiger partial charge is 0.455 e. The average Bonchev–Trinajstić information content (AvgIpc) is 3.69. The van der Waals surface area contributed by atoms with Crippen LogP contribution in [0.4, 0.5) is 17.1 Å². The van der Waals surface area contributed by atoms with E-state index in [1.165, 1.54) is 10.8 Å². The van der Waals surface area contributed by atoms with Gasteiger partial charge in [-0.1, -0.05) is 170 Å². The molecule has 0 bridgehead atoms. The summed E-state index contributed by atoms with van der Waals surface area (Å²) in [5, 5.41) is 6.64. The zero-order valence-electron chi connectivity index (χ0n) is 31.3. The standard InChI is InChI=1S/C53H34N4O/c1-3-16-35(17-4-1)39-24-11-25-40(34-39)52-54-51(38-20-5-2-6-21-38)55-53(56-52)44-29-14-28-43-49-47(32-15-33-48(49)58-50(43)44)57(45-30-12-22-36-18-7-9-26-41(36)45)46-31-13-23-37-19-8-10-27-42(37)46/h1-34H. The molecule has 0 N–H and O–H groups in total. The second-order valence-electron chi connectivity index (χ2n) is 14.4. The maximum Gasteiger partial charge on any atom is 0.167 e. The van der Waals surface area contributed by atoms with Crippen LogP contribution >= 0.6 is 0 Å². The van der Waals surface area contributed by atoms with Crippen molar-refractivity contribution in [1.29, 1.82) is 0 Å². The Bertz CT molecular complexity index is 3210. The van der Waals surface area contributed by atoms with Gasteiger partial charge in [-0.25, -0.2) is 15.0 Å². The Hall–Kier alpha value is -7.89. The number of para-hydroxylation sites is 1. The van der Waals surface area contributed by atoms with Gasteiger partial charge in [0.1, 0.15) is 11.2 Å². The summed E-state index contributed by atoms with van der Waals surface area (Å²) in [6, 6.07) is 71.6. The van der Waals surface area contributed by atoms with Crippen LogP contribution < -0.4 is 4.90 Å². The maximum absolute atomic E-state index is 6.92. The van der Waals surface area contributed by atoms with Gasteiger partial charge in [0.2, 0.25) is 0 Å². The number of hydrogen-bond donors (Lipinski definition) is 0. The third-order valence-electron chi connectivity index (χ3n) is 10.9. The Labute approximate surface area is 335 Å². The lowest BCUT2D eigenvalue weighted by Gasteiger charge is -2.28. The van der Waals surface area contributed by atoms with Crippen molar-refractivity contribution in [3.63, 3.8) is 0 Å². The number of anilines is 3. The summed E-state index contributed by atoms with van der Waals surface area (Å²) < 4.78 is 6.92. The summed E-state index contributed by atoms with van der Waals surface area (Å²) in [6.07, 6.45) is 0. The second kappa shape index (κ2) is 14.0. The van der Waals surface area contributed by atoms with Crippen LogP contribution in [-0.2, 0) is 0 Å². The van der Waals surface area contributed by atoms with Crippen LogP contribution in [0.3, 0.4) is 0 Å². The molecule has 0 aliphatic carbocycles. The molecule has 0 fully saturated rings. The number of furan rings is 1. The predicted molar refractivity (Wildman–Crippen MR) is 239 cm³/mol. The number of fused-ring (bicyclic) bond motifs is 5. The molecule has 0 spiro atoms. The van der Waals surface area contributed by atoms with Gasteiger partial charge in [0.15, 0.2) is 17.5 Å². The normalized spacial score (nSPS) is 11.4. The first-order valence-corrected chi connectivity index (χ1v) is 19.4. The third-order valence-corrected chi connectivity index (χ3v) is 10.9. The van der Waals surface area contributed by atoms with Crippen molar-refractivity contribution >= 4 is 60.5 Å². The second-order valence-corrected chi connectivity index (χ2v) is 14.4. The molecule has 0 unspecified atom stereocenters.